The highest BCUT2D eigenvalue weighted by Crippen LogP contribution is 2.30. The number of hydrogen-bond acceptors (Lipinski definition) is 5. The third-order valence-corrected chi connectivity index (χ3v) is 5.32. The molecule has 0 spiro atoms. The van der Waals surface area contributed by atoms with E-state index in [1.807, 2.05) is 12.1 Å². The van der Waals surface area contributed by atoms with E-state index in [2.05, 4.69) is 55.2 Å². The fourth-order valence-corrected chi connectivity index (χ4v) is 3.84. The van der Waals surface area contributed by atoms with Gasteiger partial charge in [-0.1, -0.05) is 56.4 Å². The fraction of sp³-hybridized carbons (Fsp3) is 0.316. The number of furan rings is 1. The Hall–Kier alpha value is -2.47. The average Bonchev–Trinajstić information content (AvgIpc) is 3.30. The lowest BCUT2D eigenvalue weighted by Gasteiger charge is -2.10. The topological polar surface area (TPSA) is 56.2 Å². The van der Waals surface area contributed by atoms with E-state index in [1.165, 1.54) is 11.1 Å². The minimum absolute atomic E-state index is 0.212. The number of rotatable bonds is 5. The van der Waals surface area contributed by atoms with Gasteiger partial charge in [-0.05, 0) is 35.6 Å². The molecule has 0 aliphatic carbocycles. The fourth-order valence-electron chi connectivity index (χ4n) is 2.92. The van der Waals surface area contributed by atoms with Gasteiger partial charge in [0.25, 0.3) is 0 Å². The van der Waals surface area contributed by atoms with Crippen molar-refractivity contribution in [1.82, 2.24) is 19.8 Å². The van der Waals surface area contributed by atoms with Crippen molar-refractivity contribution in [2.24, 2.45) is 5.92 Å². The molecule has 0 aliphatic heterocycles. The van der Waals surface area contributed by atoms with E-state index in [4.69, 9.17) is 9.52 Å². The molecule has 0 bridgehead atoms. The average molecular weight is 352 g/mol. The zero-order chi connectivity index (χ0) is 17.4. The zero-order valence-corrected chi connectivity index (χ0v) is 15.3. The summed E-state index contributed by atoms with van der Waals surface area (Å²) < 4.78 is 7.19. The molecule has 0 fully saturated rings. The van der Waals surface area contributed by atoms with Crippen molar-refractivity contribution >= 4 is 16.3 Å². The molecule has 3 heterocycles. The van der Waals surface area contributed by atoms with Crippen molar-refractivity contribution in [3.05, 3.63) is 58.8 Å². The molecule has 0 saturated heterocycles. The van der Waals surface area contributed by atoms with Gasteiger partial charge in [0.15, 0.2) is 5.76 Å². The molecule has 4 rings (SSSR count). The third-order valence-electron chi connectivity index (χ3n) is 4.24. The second kappa shape index (κ2) is 6.44. The van der Waals surface area contributed by atoms with Gasteiger partial charge in [-0.3, -0.25) is 0 Å². The van der Waals surface area contributed by atoms with Crippen LogP contribution in [0.25, 0.3) is 16.5 Å². The molecule has 0 N–H and O–H groups in total. The normalized spacial score (nSPS) is 13.0. The summed E-state index contributed by atoms with van der Waals surface area (Å²) in [4.78, 5) is 0.782. The van der Waals surface area contributed by atoms with Gasteiger partial charge in [-0.25, -0.2) is 0 Å². The smallest absolute Gasteiger partial charge is 0.235 e. The standard InChI is InChI=1S/C19H20N4OS/c1-12(2)11-14-6-8-15(9-7-14)13(3)18-22-23-17(16-5-4-10-24-16)20-21-19(23)25-18/h4-10,12-13H,11H2,1-3H3/t13-/m1/s1. The highest BCUT2D eigenvalue weighted by atomic mass is 32.1. The van der Waals surface area contributed by atoms with Crippen LogP contribution in [-0.2, 0) is 6.42 Å². The first-order valence-electron chi connectivity index (χ1n) is 8.46. The summed E-state index contributed by atoms with van der Waals surface area (Å²) in [5.74, 6) is 2.20. The van der Waals surface area contributed by atoms with E-state index < -0.39 is 0 Å². The molecular formula is C19H20N4OS. The van der Waals surface area contributed by atoms with Gasteiger partial charge in [-0.15, -0.1) is 10.2 Å². The van der Waals surface area contributed by atoms with Crippen molar-refractivity contribution < 1.29 is 4.42 Å². The molecule has 1 aromatic carbocycles. The summed E-state index contributed by atoms with van der Waals surface area (Å²) in [5.41, 5.74) is 2.64. The summed E-state index contributed by atoms with van der Waals surface area (Å²) in [5, 5.41) is 14.2. The van der Waals surface area contributed by atoms with Gasteiger partial charge in [0.05, 0.1) is 6.26 Å². The molecule has 128 valence electrons. The first kappa shape index (κ1) is 16.0. The van der Waals surface area contributed by atoms with E-state index in [9.17, 15) is 0 Å². The van der Waals surface area contributed by atoms with Crippen LogP contribution in [0.3, 0.4) is 0 Å². The van der Waals surface area contributed by atoms with Crippen molar-refractivity contribution in [2.75, 3.05) is 0 Å². The zero-order valence-electron chi connectivity index (χ0n) is 14.5. The quantitative estimate of drug-likeness (QED) is 0.518. The van der Waals surface area contributed by atoms with Crippen LogP contribution >= 0.6 is 11.3 Å². The van der Waals surface area contributed by atoms with Gasteiger partial charge < -0.3 is 4.42 Å². The predicted molar refractivity (Wildman–Crippen MR) is 98.9 cm³/mol. The summed E-state index contributed by atoms with van der Waals surface area (Å²) in [6, 6.07) is 12.6. The Balaban J connectivity index is 1.63. The van der Waals surface area contributed by atoms with Gasteiger partial charge in [-0.2, -0.15) is 9.61 Å². The molecule has 0 aliphatic rings. The van der Waals surface area contributed by atoms with Crippen LogP contribution in [-0.4, -0.2) is 19.8 Å². The van der Waals surface area contributed by atoms with E-state index in [-0.39, 0.29) is 5.92 Å². The van der Waals surface area contributed by atoms with Crippen LogP contribution in [0.5, 0.6) is 0 Å². The maximum atomic E-state index is 5.43. The number of benzene rings is 1. The minimum Gasteiger partial charge on any atom is -0.461 e. The van der Waals surface area contributed by atoms with Gasteiger partial charge in [0, 0.05) is 5.92 Å². The highest BCUT2D eigenvalue weighted by Gasteiger charge is 2.19. The predicted octanol–water partition coefficient (Wildman–Crippen LogP) is 4.80. The number of fused-ring (bicyclic) bond motifs is 1. The van der Waals surface area contributed by atoms with Crippen molar-refractivity contribution in [1.29, 1.82) is 0 Å². The third kappa shape index (κ3) is 3.09. The van der Waals surface area contributed by atoms with Crippen LogP contribution in [0.4, 0.5) is 0 Å². The van der Waals surface area contributed by atoms with E-state index in [0.29, 0.717) is 17.5 Å². The van der Waals surface area contributed by atoms with Gasteiger partial charge >= 0.3 is 0 Å². The van der Waals surface area contributed by atoms with E-state index >= 15 is 0 Å². The Morgan fingerprint density at radius 2 is 1.88 bits per heavy atom. The second-order valence-electron chi connectivity index (χ2n) is 6.70. The number of hydrogen-bond donors (Lipinski definition) is 0. The first-order chi connectivity index (χ1) is 12.1. The molecule has 0 amide bonds. The minimum atomic E-state index is 0.212. The van der Waals surface area contributed by atoms with Crippen LogP contribution in [0.2, 0.25) is 0 Å². The van der Waals surface area contributed by atoms with Crippen LogP contribution in [0.15, 0.2) is 47.1 Å². The lowest BCUT2D eigenvalue weighted by Crippen LogP contribution is -1.99. The molecule has 3 aromatic heterocycles. The molecule has 6 heteroatoms. The Morgan fingerprint density at radius 3 is 2.56 bits per heavy atom. The van der Waals surface area contributed by atoms with Gasteiger partial charge in [0.2, 0.25) is 10.8 Å². The molecule has 4 aromatic rings. The summed E-state index contributed by atoms with van der Waals surface area (Å²) in [6.45, 7) is 6.66. The number of aromatic nitrogens is 4. The molecule has 5 nitrogen and oxygen atoms in total. The lowest BCUT2D eigenvalue weighted by molar-refractivity contribution is 0.574. The maximum absolute atomic E-state index is 5.43. The Kier molecular flexibility index (Phi) is 4.13. The SMILES string of the molecule is CC(C)Cc1ccc([C@@H](C)c2nn3c(-c4ccco4)nnc3s2)cc1. The summed E-state index contributed by atoms with van der Waals surface area (Å²) in [7, 11) is 0. The summed E-state index contributed by atoms with van der Waals surface area (Å²) in [6.07, 6.45) is 2.74. The Bertz CT molecular complexity index is 967. The van der Waals surface area contributed by atoms with Crippen LogP contribution < -0.4 is 0 Å². The van der Waals surface area contributed by atoms with Crippen LogP contribution in [0.1, 0.15) is 42.8 Å². The Labute approximate surface area is 150 Å². The second-order valence-corrected chi connectivity index (χ2v) is 7.68. The van der Waals surface area contributed by atoms with Crippen molar-refractivity contribution in [2.45, 2.75) is 33.1 Å². The molecule has 0 radical (unpaired) electrons. The van der Waals surface area contributed by atoms with E-state index in [1.54, 1.807) is 22.1 Å². The maximum Gasteiger partial charge on any atom is 0.235 e. The van der Waals surface area contributed by atoms with Crippen molar-refractivity contribution in [3.8, 4) is 11.6 Å². The molecule has 0 saturated carbocycles. The first-order valence-corrected chi connectivity index (χ1v) is 9.28. The molecule has 25 heavy (non-hydrogen) atoms. The number of nitrogens with zero attached hydrogens (tertiary/aromatic N) is 4. The van der Waals surface area contributed by atoms with Crippen molar-refractivity contribution in [3.63, 3.8) is 0 Å². The molecule has 0 unspecified atom stereocenters. The summed E-state index contributed by atoms with van der Waals surface area (Å²) >= 11 is 1.57. The molecular weight excluding hydrogens is 332 g/mol. The van der Waals surface area contributed by atoms with Gasteiger partial charge in [0.1, 0.15) is 5.01 Å². The Morgan fingerprint density at radius 1 is 1.08 bits per heavy atom. The van der Waals surface area contributed by atoms with E-state index in [0.717, 1.165) is 16.4 Å². The largest absolute Gasteiger partial charge is 0.461 e. The molecule has 1 atom stereocenters. The highest BCUT2D eigenvalue weighted by molar-refractivity contribution is 7.16. The lowest BCUT2D eigenvalue weighted by atomic mass is 9.97. The van der Waals surface area contributed by atoms with Crippen LogP contribution in [0, 0.1) is 5.92 Å². The monoisotopic (exact) mass is 352 g/mol.